The molecule has 0 radical (unpaired) electrons. The molecular weight excluding hydrogens is 306 g/mol. The molecule has 0 aliphatic rings. The van der Waals surface area contributed by atoms with Crippen molar-refractivity contribution in [1.82, 2.24) is 4.98 Å². The second-order valence-corrected chi connectivity index (χ2v) is 6.13. The number of thiazole rings is 1. The summed E-state index contributed by atoms with van der Waals surface area (Å²) in [5.74, 6) is -0.192. The molecule has 5 heteroatoms. The summed E-state index contributed by atoms with van der Waals surface area (Å²) in [6.45, 7) is 2.10. The monoisotopic (exact) mass is 323 g/mol. The fourth-order valence-electron chi connectivity index (χ4n) is 2.29. The maximum atomic E-state index is 12.6. The van der Waals surface area contributed by atoms with Crippen LogP contribution < -0.4 is 11.1 Å². The molecule has 3 N–H and O–H groups in total. The molecule has 4 nitrogen and oxygen atoms in total. The number of nitrogens with one attached hydrogen (secondary N) is 1. The van der Waals surface area contributed by atoms with Crippen molar-refractivity contribution in [3.05, 3.63) is 65.0 Å². The van der Waals surface area contributed by atoms with Crippen LogP contribution in [-0.4, -0.2) is 10.9 Å². The van der Waals surface area contributed by atoms with Gasteiger partial charge in [-0.25, -0.2) is 4.98 Å². The van der Waals surface area contributed by atoms with Crippen molar-refractivity contribution in [1.29, 1.82) is 0 Å². The van der Waals surface area contributed by atoms with Crippen LogP contribution in [0.4, 0.5) is 10.8 Å². The highest BCUT2D eigenvalue weighted by molar-refractivity contribution is 7.17. The number of aromatic nitrogens is 1. The predicted molar refractivity (Wildman–Crippen MR) is 95.7 cm³/mol. The van der Waals surface area contributed by atoms with Crippen LogP contribution in [-0.2, 0) is 6.42 Å². The van der Waals surface area contributed by atoms with Gasteiger partial charge >= 0.3 is 0 Å². The zero-order chi connectivity index (χ0) is 16.2. The third-order valence-corrected chi connectivity index (χ3v) is 4.40. The van der Waals surface area contributed by atoms with Crippen LogP contribution in [0, 0.1) is 0 Å². The van der Waals surface area contributed by atoms with E-state index in [0.717, 1.165) is 17.7 Å². The third kappa shape index (κ3) is 3.40. The standard InChI is InChI=1S/C18H17N3OS/c1-2-12-8-10-14(11-9-12)20-17(22)16-15(21-18(19)23-16)13-6-4-3-5-7-13/h3-11H,2H2,1H3,(H2,19,21)(H,20,22). The molecule has 1 aromatic heterocycles. The Morgan fingerprint density at radius 2 is 1.83 bits per heavy atom. The number of rotatable bonds is 4. The van der Waals surface area contributed by atoms with Crippen molar-refractivity contribution >= 4 is 28.1 Å². The average Bonchev–Trinajstić information content (AvgIpc) is 2.98. The van der Waals surface area contributed by atoms with Gasteiger partial charge in [0.05, 0.1) is 5.69 Å². The number of carbonyl (C=O) groups is 1. The normalized spacial score (nSPS) is 10.5. The zero-order valence-electron chi connectivity index (χ0n) is 12.7. The molecule has 0 fully saturated rings. The Bertz CT molecular complexity index is 810. The molecule has 116 valence electrons. The number of carbonyl (C=O) groups excluding carboxylic acids is 1. The van der Waals surface area contributed by atoms with Crippen molar-refractivity contribution in [3.8, 4) is 11.3 Å². The highest BCUT2D eigenvalue weighted by Gasteiger charge is 2.18. The molecule has 0 bridgehead atoms. The van der Waals surface area contributed by atoms with E-state index in [0.29, 0.717) is 15.7 Å². The Morgan fingerprint density at radius 1 is 1.13 bits per heavy atom. The number of nitrogen functional groups attached to an aromatic ring is 1. The van der Waals surface area contributed by atoms with Crippen molar-refractivity contribution in [3.63, 3.8) is 0 Å². The fourth-order valence-corrected chi connectivity index (χ4v) is 3.04. The van der Waals surface area contributed by atoms with Gasteiger partial charge in [0.2, 0.25) is 0 Å². The number of benzene rings is 2. The SMILES string of the molecule is CCc1ccc(NC(=O)c2sc(N)nc2-c2ccccc2)cc1. The summed E-state index contributed by atoms with van der Waals surface area (Å²) in [6, 6.07) is 17.4. The van der Waals surface area contributed by atoms with Gasteiger partial charge in [0.15, 0.2) is 5.13 Å². The minimum absolute atomic E-state index is 0.192. The molecule has 0 saturated carbocycles. The summed E-state index contributed by atoms with van der Waals surface area (Å²) in [5.41, 5.74) is 9.31. The Hall–Kier alpha value is -2.66. The molecule has 0 saturated heterocycles. The Morgan fingerprint density at radius 3 is 2.48 bits per heavy atom. The second-order valence-electron chi connectivity index (χ2n) is 5.10. The van der Waals surface area contributed by atoms with Gasteiger partial charge < -0.3 is 11.1 Å². The fraction of sp³-hybridized carbons (Fsp3) is 0.111. The lowest BCUT2D eigenvalue weighted by atomic mass is 10.1. The molecular formula is C18H17N3OS. The lowest BCUT2D eigenvalue weighted by Gasteiger charge is -2.06. The van der Waals surface area contributed by atoms with Gasteiger partial charge in [0, 0.05) is 11.3 Å². The molecule has 0 aliphatic heterocycles. The van der Waals surface area contributed by atoms with E-state index in [9.17, 15) is 4.79 Å². The molecule has 1 heterocycles. The van der Waals surface area contributed by atoms with Gasteiger partial charge in [-0.2, -0.15) is 0 Å². The molecule has 0 unspecified atom stereocenters. The van der Waals surface area contributed by atoms with E-state index in [4.69, 9.17) is 5.73 Å². The number of amides is 1. The lowest BCUT2D eigenvalue weighted by Crippen LogP contribution is -2.11. The zero-order valence-corrected chi connectivity index (χ0v) is 13.6. The quantitative estimate of drug-likeness (QED) is 0.756. The van der Waals surface area contributed by atoms with Gasteiger partial charge in [-0.1, -0.05) is 60.7 Å². The number of hydrogen-bond acceptors (Lipinski definition) is 4. The van der Waals surface area contributed by atoms with Crippen molar-refractivity contribution in [2.24, 2.45) is 0 Å². The largest absolute Gasteiger partial charge is 0.375 e. The Kier molecular flexibility index (Phi) is 4.39. The van der Waals surface area contributed by atoms with E-state index >= 15 is 0 Å². The summed E-state index contributed by atoms with van der Waals surface area (Å²) >= 11 is 1.20. The molecule has 0 spiro atoms. The van der Waals surface area contributed by atoms with E-state index in [1.165, 1.54) is 16.9 Å². The summed E-state index contributed by atoms with van der Waals surface area (Å²) < 4.78 is 0. The van der Waals surface area contributed by atoms with Gasteiger partial charge in [-0.15, -0.1) is 0 Å². The number of nitrogens with two attached hydrogens (primary N) is 1. The predicted octanol–water partition coefficient (Wildman–Crippen LogP) is 4.21. The maximum absolute atomic E-state index is 12.6. The van der Waals surface area contributed by atoms with Gasteiger partial charge in [-0.3, -0.25) is 4.79 Å². The number of hydrogen-bond donors (Lipinski definition) is 2. The molecule has 3 aromatic rings. The van der Waals surface area contributed by atoms with Crippen molar-refractivity contribution in [2.75, 3.05) is 11.1 Å². The first-order valence-electron chi connectivity index (χ1n) is 7.39. The van der Waals surface area contributed by atoms with Crippen LogP contribution in [0.3, 0.4) is 0 Å². The molecule has 0 atom stereocenters. The average molecular weight is 323 g/mol. The van der Waals surface area contributed by atoms with E-state index in [1.54, 1.807) is 0 Å². The highest BCUT2D eigenvalue weighted by Crippen LogP contribution is 2.30. The summed E-state index contributed by atoms with van der Waals surface area (Å²) in [6.07, 6.45) is 0.970. The van der Waals surface area contributed by atoms with Crippen molar-refractivity contribution in [2.45, 2.75) is 13.3 Å². The molecule has 0 aliphatic carbocycles. The molecule has 1 amide bonds. The molecule has 2 aromatic carbocycles. The summed E-state index contributed by atoms with van der Waals surface area (Å²) in [7, 11) is 0. The van der Waals surface area contributed by atoms with Gasteiger partial charge in [0.25, 0.3) is 5.91 Å². The topological polar surface area (TPSA) is 68.0 Å². The molecule has 23 heavy (non-hydrogen) atoms. The van der Waals surface area contributed by atoms with Crippen LogP contribution in [0.2, 0.25) is 0 Å². The van der Waals surface area contributed by atoms with E-state index < -0.39 is 0 Å². The van der Waals surface area contributed by atoms with Crippen LogP contribution in [0.25, 0.3) is 11.3 Å². The molecule has 3 rings (SSSR count). The van der Waals surface area contributed by atoms with Crippen LogP contribution in [0.1, 0.15) is 22.2 Å². The Labute approximate surface area is 139 Å². The number of nitrogens with zero attached hydrogens (tertiary/aromatic N) is 1. The van der Waals surface area contributed by atoms with Crippen molar-refractivity contribution < 1.29 is 4.79 Å². The number of aryl methyl sites for hydroxylation is 1. The van der Waals surface area contributed by atoms with Crippen LogP contribution >= 0.6 is 11.3 Å². The maximum Gasteiger partial charge on any atom is 0.268 e. The minimum atomic E-state index is -0.192. The first-order chi connectivity index (χ1) is 11.2. The highest BCUT2D eigenvalue weighted by atomic mass is 32.1. The summed E-state index contributed by atoms with van der Waals surface area (Å²) in [5, 5.41) is 3.29. The van der Waals surface area contributed by atoms with E-state index in [2.05, 4.69) is 17.2 Å². The first-order valence-corrected chi connectivity index (χ1v) is 8.21. The lowest BCUT2D eigenvalue weighted by molar-refractivity contribution is 0.103. The number of anilines is 2. The summed E-state index contributed by atoms with van der Waals surface area (Å²) in [4.78, 5) is 17.4. The van der Waals surface area contributed by atoms with Crippen LogP contribution in [0.15, 0.2) is 54.6 Å². The van der Waals surface area contributed by atoms with Crippen LogP contribution in [0.5, 0.6) is 0 Å². The van der Waals surface area contributed by atoms with E-state index in [-0.39, 0.29) is 5.91 Å². The van der Waals surface area contributed by atoms with Gasteiger partial charge in [-0.05, 0) is 24.1 Å². The Balaban J connectivity index is 1.87. The third-order valence-electron chi connectivity index (χ3n) is 3.52. The minimum Gasteiger partial charge on any atom is -0.375 e. The second kappa shape index (κ2) is 6.62. The van der Waals surface area contributed by atoms with Gasteiger partial charge in [0.1, 0.15) is 4.88 Å². The smallest absolute Gasteiger partial charge is 0.268 e. The van der Waals surface area contributed by atoms with E-state index in [1.807, 2.05) is 54.6 Å². The first kappa shape index (κ1) is 15.2.